The highest BCUT2D eigenvalue weighted by molar-refractivity contribution is 7.77. The molecule has 0 amide bonds. The average Bonchev–Trinajstić information content (AvgIpc) is 0.722. The van der Waals surface area contributed by atoms with Crippen LogP contribution < -0.4 is 0 Å². The maximum atomic E-state index is 9.39. The molecule has 0 aromatic rings. The third kappa shape index (κ3) is 72.3. The van der Waals surface area contributed by atoms with Crippen LogP contribution in [0.5, 0.6) is 0 Å². The highest BCUT2D eigenvalue weighted by atomic mass is 31.4. The minimum Gasteiger partial charge on any atom is -0.340 e. The van der Waals surface area contributed by atoms with Crippen LogP contribution in [-0.4, -0.2) is 25.6 Å². The summed E-state index contributed by atoms with van der Waals surface area (Å²) >= 11 is -0.0255. The van der Waals surface area contributed by atoms with Gasteiger partial charge in [-0.15, -0.1) is 0 Å². The molecule has 0 rings (SSSR count). The number of hydrogen-bond donors (Lipinski definition) is 2. The zero-order chi connectivity index (χ0) is 4.50. The molecule has 0 aromatic heterocycles. The lowest BCUT2D eigenvalue weighted by Crippen LogP contribution is -1.67. The largest absolute Gasteiger partial charge is 0.403 e. The van der Waals surface area contributed by atoms with Crippen LogP contribution in [-0.2, 0) is 4.57 Å². The minimum absolute atomic E-state index is 0.0255. The fourth-order valence-corrected chi connectivity index (χ4v) is 0. The van der Waals surface area contributed by atoms with E-state index in [1.807, 2.05) is 0 Å². The first-order chi connectivity index (χ1) is 2.00. The molecule has 0 bridgehead atoms. The van der Waals surface area contributed by atoms with Gasteiger partial charge in [0.2, 0.25) is 6.24 Å². The van der Waals surface area contributed by atoms with E-state index in [1.165, 1.54) is 0 Å². The molecule has 5 heteroatoms. The van der Waals surface area contributed by atoms with Crippen LogP contribution in [0.1, 0.15) is 0 Å². The summed E-state index contributed by atoms with van der Waals surface area (Å²) in [6.07, 6.45) is -3.50. The van der Waals surface area contributed by atoms with Crippen LogP contribution in [0.25, 0.3) is 0 Å². The molecule has 0 aliphatic carbocycles. The summed E-state index contributed by atoms with van der Waals surface area (Å²) in [4.78, 5) is 15.4. The lowest BCUT2D eigenvalue weighted by atomic mass is 15.8. The van der Waals surface area contributed by atoms with Crippen molar-refractivity contribution in [1.29, 1.82) is 0 Å². The van der Waals surface area contributed by atoms with Crippen molar-refractivity contribution >= 4 is 22.1 Å². The minimum atomic E-state index is -3.50. The van der Waals surface area contributed by atoms with Crippen molar-refractivity contribution in [2.45, 2.75) is 0 Å². The van der Waals surface area contributed by atoms with Gasteiger partial charge in [0.1, 0.15) is 0 Å². The van der Waals surface area contributed by atoms with Gasteiger partial charge in [0, 0.05) is 0 Å². The van der Waals surface area contributed by atoms with Crippen molar-refractivity contribution in [3.05, 3.63) is 0 Å². The van der Waals surface area contributed by atoms with Crippen molar-refractivity contribution in [1.82, 2.24) is 0 Å². The normalized spacial score (nSPS) is 11.6. The summed E-state index contributed by atoms with van der Waals surface area (Å²) in [5, 5.41) is 0. The van der Waals surface area contributed by atoms with E-state index in [1.54, 1.807) is 0 Å². The number of hydrogen-bond acceptors (Lipinski definition) is 1. The van der Waals surface area contributed by atoms with Gasteiger partial charge in [0.25, 0.3) is 0 Å². The van der Waals surface area contributed by atoms with E-state index in [-0.39, 0.29) is 15.8 Å². The molecule has 0 spiro atoms. The molecule has 0 aromatic carbocycles. The third-order valence-corrected chi connectivity index (χ3v) is 0. The van der Waals surface area contributed by atoms with Gasteiger partial charge in [-0.2, -0.15) is 0 Å². The van der Waals surface area contributed by atoms with Gasteiger partial charge >= 0.3 is 15.8 Å². The molecular formula is H4AlO3P. The molecule has 0 heterocycles. The fraction of sp³-hybridized carbons (Fsp3) is 0. The summed E-state index contributed by atoms with van der Waals surface area (Å²) in [7, 11) is 0. The molecule has 3 nitrogen and oxygen atoms in total. The monoisotopic (exact) mass is 110 g/mol. The maximum absolute atomic E-state index is 9.39. The Labute approximate surface area is 37.2 Å². The molecule has 0 aliphatic heterocycles. The zero-order valence-electron chi connectivity index (χ0n) is 2.75. The van der Waals surface area contributed by atoms with E-state index in [0.29, 0.717) is 0 Å². The molecule has 0 radical (unpaired) electrons. The van der Waals surface area contributed by atoms with E-state index in [4.69, 9.17) is 9.79 Å². The Hall–Kier alpha value is 0.682. The van der Waals surface area contributed by atoms with Crippen LogP contribution in [0.15, 0.2) is 0 Å². The third-order valence-electron chi connectivity index (χ3n) is 0. The van der Waals surface area contributed by atoms with Crippen molar-refractivity contribution in [3.63, 3.8) is 0 Å². The van der Waals surface area contributed by atoms with E-state index in [0.717, 1.165) is 0 Å². The maximum Gasteiger partial charge on any atom is 0.403 e. The molecule has 5 heavy (non-hydrogen) atoms. The average molecular weight is 110 g/mol. The highest BCUT2D eigenvalue weighted by Crippen LogP contribution is 2.24. The second-order valence-corrected chi connectivity index (χ2v) is 6.00. The summed E-state index contributed by atoms with van der Waals surface area (Å²) in [5.74, 6) is 0. The second-order valence-electron chi connectivity index (χ2n) is 0.835. The van der Waals surface area contributed by atoms with Crippen LogP contribution in [0, 0.1) is 0 Å². The Morgan fingerprint density at radius 1 is 1.60 bits per heavy atom. The van der Waals surface area contributed by atoms with Crippen molar-refractivity contribution in [3.8, 4) is 0 Å². The van der Waals surface area contributed by atoms with E-state index in [9.17, 15) is 4.57 Å². The summed E-state index contributed by atoms with van der Waals surface area (Å²) in [5.41, 5.74) is 0. The first-order valence-electron chi connectivity index (χ1n) is 1.03. The molecule has 0 saturated carbocycles. The van der Waals surface area contributed by atoms with Gasteiger partial charge in [-0.05, 0) is 0 Å². The van der Waals surface area contributed by atoms with Gasteiger partial charge in [-0.1, -0.05) is 0 Å². The molecule has 0 fully saturated rings. The first kappa shape index (κ1) is 5.68. The molecule has 2 N–H and O–H groups in total. The Bertz CT molecular complexity index is 53.0. The van der Waals surface area contributed by atoms with Gasteiger partial charge in [-0.25, -0.2) is 0 Å². The Morgan fingerprint density at radius 2 is 1.60 bits per heavy atom. The predicted molar refractivity (Wildman–Crippen MR) is 20.6 cm³/mol. The van der Waals surface area contributed by atoms with Gasteiger partial charge in [0.05, 0.1) is 0 Å². The Balaban J connectivity index is 3.47. The molecule has 0 saturated heterocycles. The van der Waals surface area contributed by atoms with Crippen LogP contribution in [0.4, 0.5) is 0 Å². The van der Waals surface area contributed by atoms with Crippen LogP contribution >= 0.6 is 6.24 Å². The second kappa shape index (κ2) is 1.42. The summed E-state index contributed by atoms with van der Waals surface area (Å²) in [6.45, 7) is 0. The van der Waals surface area contributed by atoms with E-state index in [2.05, 4.69) is 0 Å². The van der Waals surface area contributed by atoms with Crippen LogP contribution in [0.3, 0.4) is 0 Å². The van der Waals surface area contributed by atoms with Gasteiger partial charge in [-0.3, -0.25) is 4.57 Å². The SMILES string of the molecule is O=[P](O)(O)[AlH2]. The Kier molecular flexibility index (Phi) is 1.62. The summed E-state index contributed by atoms with van der Waals surface area (Å²) in [6, 6.07) is 0. The lowest BCUT2D eigenvalue weighted by Gasteiger charge is -1.86. The van der Waals surface area contributed by atoms with Crippen molar-refractivity contribution in [2.75, 3.05) is 0 Å². The standard InChI is InChI=1S/Al.HO3P.2H/c;1-4(2)3;;/h;(H-,1,2,3);;/q-1;;;/p+1. The van der Waals surface area contributed by atoms with Crippen molar-refractivity contribution < 1.29 is 14.4 Å². The summed E-state index contributed by atoms with van der Waals surface area (Å²) < 4.78 is 9.39. The lowest BCUT2D eigenvalue weighted by molar-refractivity contribution is 0.395. The smallest absolute Gasteiger partial charge is 0.340 e. The first-order valence-corrected chi connectivity index (χ1v) is 5.77. The van der Waals surface area contributed by atoms with Gasteiger partial charge < -0.3 is 9.79 Å². The van der Waals surface area contributed by atoms with Crippen molar-refractivity contribution in [2.24, 2.45) is 0 Å². The van der Waals surface area contributed by atoms with Gasteiger partial charge in [0.15, 0.2) is 0 Å². The molecule has 30 valence electrons. The Morgan fingerprint density at radius 3 is 1.60 bits per heavy atom. The highest BCUT2D eigenvalue weighted by Gasteiger charge is 1.95. The topological polar surface area (TPSA) is 57.5 Å². The quantitative estimate of drug-likeness (QED) is 0.301. The molecule has 0 atom stereocenters. The molecule has 0 aliphatic rings. The van der Waals surface area contributed by atoms with Crippen LogP contribution in [0.2, 0.25) is 0 Å². The predicted octanol–water partition coefficient (Wildman–Crippen LogP) is -1.29. The molecular weight excluding hydrogens is 106 g/mol. The van der Waals surface area contributed by atoms with E-state index >= 15 is 0 Å². The zero-order valence-corrected chi connectivity index (χ0v) is 5.64. The number of rotatable bonds is 0. The van der Waals surface area contributed by atoms with E-state index < -0.39 is 6.24 Å². The fourth-order valence-electron chi connectivity index (χ4n) is 0. The molecule has 0 unspecified atom stereocenters.